The van der Waals surface area contributed by atoms with Gasteiger partial charge >= 0.3 is 0 Å². The maximum absolute atomic E-state index is 13.9. The maximum atomic E-state index is 13.9. The number of aromatic amines is 1. The highest BCUT2D eigenvalue weighted by Crippen LogP contribution is 2.24. The minimum atomic E-state index is -0.421. The Labute approximate surface area is 157 Å². The predicted molar refractivity (Wildman–Crippen MR) is 99.5 cm³/mol. The van der Waals surface area contributed by atoms with Crippen LogP contribution in [0.15, 0.2) is 46.9 Å². The van der Waals surface area contributed by atoms with Crippen molar-refractivity contribution in [1.29, 1.82) is 0 Å². The van der Waals surface area contributed by atoms with Crippen molar-refractivity contribution in [3.63, 3.8) is 0 Å². The number of hydroxylamine groups is 2. The van der Waals surface area contributed by atoms with Crippen LogP contribution >= 0.6 is 15.9 Å². The van der Waals surface area contributed by atoms with Gasteiger partial charge in [0.15, 0.2) is 0 Å². The third kappa shape index (κ3) is 3.61. The van der Waals surface area contributed by atoms with Crippen LogP contribution in [0.4, 0.5) is 10.1 Å². The molecule has 0 atom stereocenters. The molecule has 0 bridgehead atoms. The third-order valence-corrected chi connectivity index (χ3v) is 4.30. The largest absolute Gasteiger partial charge is 0.350 e. The van der Waals surface area contributed by atoms with Gasteiger partial charge in [0.1, 0.15) is 11.5 Å². The van der Waals surface area contributed by atoms with Gasteiger partial charge in [-0.15, -0.1) is 0 Å². The van der Waals surface area contributed by atoms with Crippen LogP contribution in [0.1, 0.15) is 20.8 Å². The van der Waals surface area contributed by atoms with E-state index in [-0.39, 0.29) is 11.6 Å². The van der Waals surface area contributed by atoms with E-state index in [2.05, 4.69) is 26.2 Å². The Morgan fingerprint density at radius 1 is 1.19 bits per heavy atom. The zero-order chi connectivity index (χ0) is 18.8. The number of aromatic nitrogens is 1. The summed E-state index contributed by atoms with van der Waals surface area (Å²) >= 11 is 3.22. The number of carbonyl (C=O) groups excluding carboxylic acids is 2. The molecular weight excluding hydrogens is 405 g/mol. The Kier molecular flexibility index (Phi) is 5.06. The van der Waals surface area contributed by atoms with E-state index < -0.39 is 11.7 Å². The molecule has 0 unspecified atom stereocenters. The number of halogens is 2. The van der Waals surface area contributed by atoms with Crippen LogP contribution in [0.3, 0.4) is 0 Å². The first kappa shape index (κ1) is 18.1. The zero-order valence-electron chi connectivity index (χ0n) is 14.0. The smallest absolute Gasteiger partial charge is 0.277 e. The number of nitrogens with zero attached hydrogens (tertiary/aromatic N) is 1. The van der Waals surface area contributed by atoms with Gasteiger partial charge in [-0.05, 0) is 42.5 Å². The van der Waals surface area contributed by atoms with Gasteiger partial charge in [0.05, 0.1) is 12.6 Å². The summed E-state index contributed by atoms with van der Waals surface area (Å²) in [5.74, 6) is -1.14. The van der Waals surface area contributed by atoms with Crippen molar-refractivity contribution in [3.8, 4) is 0 Å². The Morgan fingerprint density at radius 2 is 1.88 bits per heavy atom. The average molecular weight is 420 g/mol. The van der Waals surface area contributed by atoms with Crippen LogP contribution in [-0.4, -0.2) is 36.0 Å². The summed E-state index contributed by atoms with van der Waals surface area (Å²) in [4.78, 5) is 32.1. The van der Waals surface area contributed by atoms with E-state index in [1.54, 1.807) is 30.3 Å². The fourth-order valence-electron chi connectivity index (χ4n) is 2.44. The lowest BCUT2D eigenvalue weighted by molar-refractivity contribution is -0.0756. The van der Waals surface area contributed by atoms with E-state index in [0.717, 1.165) is 5.06 Å². The molecule has 2 amide bonds. The van der Waals surface area contributed by atoms with E-state index >= 15 is 0 Å². The highest BCUT2D eigenvalue weighted by molar-refractivity contribution is 9.10. The van der Waals surface area contributed by atoms with Gasteiger partial charge in [-0.25, -0.2) is 9.45 Å². The van der Waals surface area contributed by atoms with E-state index in [1.165, 1.54) is 26.3 Å². The molecule has 3 aromatic rings. The quantitative estimate of drug-likeness (QED) is 0.628. The van der Waals surface area contributed by atoms with E-state index in [4.69, 9.17) is 4.84 Å². The van der Waals surface area contributed by atoms with Crippen LogP contribution in [0.25, 0.3) is 10.9 Å². The zero-order valence-corrected chi connectivity index (χ0v) is 15.6. The predicted octanol–water partition coefficient (Wildman–Crippen LogP) is 3.96. The SMILES string of the molecule is CON(C)C(=O)c1ccc(NC(=O)c2cc3c(F)cc(Br)cc3[nH]2)cc1. The number of H-pyrrole nitrogens is 1. The van der Waals surface area contributed by atoms with Gasteiger partial charge in [-0.1, -0.05) is 15.9 Å². The van der Waals surface area contributed by atoms with Crippen LogP contribution in [0.5, 0.6) is 0 Å². The minimum Gasteiger partial charge on any atom is -0.350 e. The Hall–Kier alpha value is -2.71. The lowest BCUT2D eigenvalue weighted by atomic mass is 10.2. The number of amides is 2. The molecule has 1 heterocycles. The van der Waals surface area contributed by atoms with E-state index in [1.807, 2.05) is 0 Å². The first-order chi connectivity index (χ1) is 12.4. The molecule has 1 aromatic heterocycles. The molecule has 0 fully saturated rings. The van der Waals surface area contributed by atoms with Crippen molar-refractivity contribution >= 4 is 44.3 Å². The first-order valence-electron chi connectivity index (χ1n) is 7.60. The molecule has 0 saturated heterocycles. The van der Waals surface area contributed by atoms with Crippen molar-refractivity contribution in [2.45, 2.75) is 0 Å². The number of carbonyl (C=O) groups is 2. The van der Waals surface area contributed by atoms with Gasteiger partial charge in [0.2, 0.25) is 0 Å². The summed E-state index contributed by atoms with van der Waals surface area (Å²) in [5.41, 5.74) is 1.68. The van der Waals surface area contributed by atoms with Crippen molar-refractivity contribution in [1.82, 2.24) is 10.0 Å². The molecule has 0 aliphatic rings. The van der Waals surface area contributed by atoms with Crippen LogP contribution in [-0.2, 0) is 4.84 Å². The minimum absolute atomic E-state index is 0.233. The highest BCUT2D eigenvalue weighted by atomic mass is 79.9. The fraction of sp³-hybridized carbons (Fsp3) is 0.111. The number of rotatable bonds is 4. The standard InChI is InChI=1S/C18H15BrFN3O3/c1-23(26-2)18(25)10-3-5-12(6-4-10)21-17(24)16-9-13-14(20)7-11(19)8-15(13)22-16/h3-9,22H,1-2H3,(H,21,24). The monoisotopic (exact) mass is 419 g/mol. The van der Waals surface area contributed by atoms with Gasteiger partial charge in [0.25, 0.3) is 11.8 Å². The molecule has 0 spiro atoms. The topological polar surface area (TPSA) is 74.4 Å². The molecule has 0 radical (unpaired) electrons. The molecule has 3 rings (SSSR count). The van der Waals surface area contributed by atoms with Gasteiger partial charge in [-0.2, -0.15) is 0 Å². The van der Waals surface area contributed by atoms with Crippen LogP contribution < -0.4 is 5.32 Å². The normalized spacial score (nSPS) is 10.8. The molecule has 0 aliphatic heterocycles. The van der Waals surface area contributed by atoms with Crippen molar-refractivity contribution < 1.29 is 18.8 Å². The third-order valence-electron chi connectivity index (χ3n) is 3.85. The number of hydrogen-bond acceptors (Lipinski definition) is 3. The summed E-state index contributed by atoms with van der Waals surface area (Å²) in [5, 5.41) is 4.14. The van der Waals surface area contributed by atoms with Gasteiger partial charge in [0, 0.05) is 28.2 Å². The Balaban J connectivity index is 1.78. The number of hydrogen-bond donors (Lipinski definition) is 2. The van der Waals surface area contributed by atoms with Crippen molar-refractivity contribution in [2.75, 3.05) is 19.5 Å². The second-order valence-corrected chi connectivity index (χ2v) is 6.46. The molecule has 0 aliphatic carbocycles. The van der Waals surface area contributed by atoms with Crippen LogP contribution in [0, 0.1) is 5.82 Å². The molecule has 2 aromatic carbocycles. The first-order valence-corrected chi connectivity index (χ1v) is 8.39. The van der Waals surface area contributed by atoms with Crippen molar-refractivity contribution in [3.05, 3.63) is 64.0 Å². The summed E-state index contributed by atoms with van der Waals surface area (Å²) in [7, 11) is 2.90. The second-order valence-electron chi connectivity index (χ2n) is 5.55. The average Bonchev–Trinajstić information content (AvgIpc) is 3.05. The fourth-order valence-corrected chi connectivity index (χ4v) is 2.87. The number of benzene rings is 2. The van der Waals surface area contributed by atoms with E-state index in [9.17, 15) is 14.0 Å². The Morgan fingerprint density at radius 3 is 2.54 bits per heavy atom. The maximum Gasteiger partial charge on any atom is 0.277 e. The molecule has 134 valence electrons. The molecule has 6 nitrogen and oxygen atoms in total. The molecule has 0 saturated carbocycles. The molecule has 26 heavy (non-hydrogen) atoms. The summed E-state index contributed by atoms with van der Waals surface area (Å²) in [6.45, 7) is 0. The van der Waals surface area contributed by atoms with Gasteiger partial charge < -0.3 is 10.3 Å². The highest BCUT2D eigenvalue weighted by Gasteiger charge is 2.14. The summed E-state index contributed by atoms with van der Waals surface area (Å²) < 4.78 is 14.5. The van der Waals surface area contributed by atoms with Crippen molar-refractivity contribution in [2.24, 2.45) is 0 Å². The Bertz CT molecular complexity index is 985. The lowest BCUT2D eigenvalue weighted by Crippen LogP contribution is -2.25. The number of nitrogens with one attached hydrogen (secondary N) is 2. The van der Waals surface area contributed by atoms with E-state index in [0.29, 0.717) is 26.6 Å². The molecule has 8 heteroatoms. The number of anilines is 1. The lowest BCUT2D eigenvalue weighted by Gasteiger charge is -2.13. The summed E-state index contributed by atoms with van der Waals surface area (Å²) in [6, 6.07) is 10.9. The van der Waals surface area contributed by atoms with Crippen LogP contribution in [0.2, 0.25) is 0 Å². The molecular formula is C18H15BrFN3O3. The summed E-state index contributed by atoms with van der Waals surface area (Å²) in [6.07, 6.45) is 0. The molecule has 2 N–H and O–H groups in total. The number of fused-ring (bicyclic) bond motifs is 1. The van der Waals surface area contributed by atoms with Gasteiger partial charge in [-0.3, -0.25) is 14.4 Å². The second kappa shape index (κ2) is 7.27.